The molecule has 6 amide bonds. The van der Waals surface area contributed by atoms with Gasteiger partial charge in [-0.2, -0.15) is 5.26 Å². The van der Waals surface area contributed by atoms with Gasteiger partial charge in [-0.3, -0.25) is 80.9 Å². The average molecular weight is 1860 g/mol. The summed E-state index contributed by atoms with van der Waals surface area (Å²) in [6.07, 6.45) is 9.02. The van der Waals surface area contributed by atoms with E-state index < -0.39 is 15.9 Å². The molecule has 0 bridgehead atoms. The van der Waals surface area contributed by atoms with Crippen LogP contribution in [0, 0.1) is 38.5 Å². The number of non-ortho nitro benzene ring substituents is 2. The Kier molecular flexibility index (Phi) is 36.5. The van der Waals surface area contributed by atoms with Crippen molar-refractivity contribution < 1.29 is 48.1 Å². The Morgan fingerprint density at radius 1 is 0.343 bits per heavy atom. The van der Waals surface area contributed by atoms with Crippen molar-refractivity contribution in [1.82, 2.24) is 61.3 Å². The van der Waals surface area contributed by atoms with E-state index in [1.165, 1.54) is 74.6 Å². The molecular weight excluding hydrogens is 1730 g/mol. The summed E-state index contributed by atoms with van der Waals surface area (Å²) in [4.78, 5) is 110. The smallest absolute Gasteiger partial charge is 0.269 e. The molecule has 10 aromatic carbocycles. The largest absolute Gasteiger partial charge is 0.497 e. The lowest BCUT2D eigenvalue weighted by Gasteiger charge is -2.27. The lowest BCUT2D eigenvalue weighted by molar-refractivity contribution is -0.385. The SMILES string of the molecule is CN(C)c1ccc(C[C@@H]2N[C@@H](Cc3ccc(N(C)C)cc3)N(C)C2=O)cc1.CN1C(=O)[C@H](CCc2ccccc2)N[C@H]1CCc1ccccc1.CN1C(=O)[C@H](Cc2ccc(C#N)cc2)NC1(C)C.CN1C(=O)[C@H](Cc2ccc([N+](=O)[O-])cc2)N[C@H]1Cc1ccc([N+](=O)[O-])cc1.COc1ccc(C[C@@H]2N[C@@H](Cc3ccc(OC)cc3)N(C)C2=O)cc1.Cc1ccc(C[C@@H]2NC(C)(C)N(C)C2=O)cc1. The van der Waals surface area contributed by atoms with Gasteiger partial charge in [-0.1, -0.05) is 175 Å². The van der Waals surface area contributed by atoms with Crippen LogP contribution in [0.1, 0.15) is 107 Å². The normalized spacial score (nSPS) is 20.6. The third kappa shape index (κ3) is 28.7. The summed E-state index contributed by atoms with van der Waals surface area (Å²) in [6, 6.07) is 82.7. The number of nitriles is 1. The van der Waals surface area contributed by atoms with E-state index in [1.54, 1.807) is 77.3 Å². The number of anilines is 2. The van der Waals surface area contributed by atoms with E-state index >= 15 is 0 Å². The summed E-state index contributed by atoms with van der Waals surface area (Å²) in [5.41, 5.74) is 15.0. The van der Waals surface area contributed by atoms with Crippen LogP contribution in [-0.2, 0) is 93.0 Å². The molecule has 6 heterocycles. The molecule has 0 unspecified atom stereocenters. The molecule has 6 aliphatic rings. The van der Waals surface area contributed by atoms with Crippen molar-refractivity contribution >= 4 is 58.2 Å². The number of ether oxygens (including phenoxy) is 2. The number of nitrogens with one attached hydrogen (secondary N) is 6. The van der Waals surface area contributed by atoms with Crippen molar-refractivity contribution in [3.05, 3.63) is 342 Å². The lowest BCUT2D eigenvalue weighted by Crippen LogP contribution is -2.45. The van der Waals surface area contributed by atoms with E-state index in [2.05, 4.69) is 164 Å². The summed E-state index contributed by atoms with van der Waals surface area (Å²) >= 11 is 0. The van der Waals surface area contributed by atoms with Gasteiger partial charge in [0.05, 0.1) is 108 Å². The minimum absolute atomic E-state index is 0.00384. The van der Waals surface area contributed by atoms with Gasteiger partial charge in [-0.25, -0.2) is 0 Å². The third-order valence-corrected chi connectivity index (χ3v) is 26.3. The molecule has 6 N–H and O–H groups in total. The zero-order chi connectivity index (χ0) is 99.0. The summed E-state index contributed by atoms with van der Waals surface area (Å²) in [5, 5.41) is 50.6. The van der Waals surface area contributed by atoms with E-state index in [0.717, 1.165) is 78.7 Å². The Bertz CT molecular complexity index is 5700. The van der Waals surface area contributed by atoms with E-state index in [-0.39, 0.29) is 113 Å². The highest BCUT2D eigenvalue weighted by Gasteiger charge is 2.45. The molecule has 10 atom stereocenters. The van der Waals surface area contributed by atoms with Crippen LogP contribution in [0.3, 0.4) is 0 Å². The van der Waals surface area contributed by atoms with Crippen LogP contribution in [0.4, 0.5) is 22.7 Å². The molecule has 722 valence electrons. The number of benzene rings is 10. The fraction of sp³-hybridized carbons (Fsp3) is 0.380. The second-order valence-electron chi connectivity index (χ2n) is 37.2. The zero-order valence-electron chi connectivity index (χ0n) is 81.8. The van der Waals surface area contributed by atoms with Crippen LogP contribution in [0.2, 0.25) is 0 Å². The Hall–Kier alpha value is -13.7. The first-order valence-corrected chi connectivity index (χ1v) is 46.5. The molecule has 0 aromatic heterocycles. The minimum Gasteiger partial charge on any atom is -0.497 e. The Balaban J connectivity index is 0.000000159. The van der Waals surface area contributed by atoms with Crippen LogP contribution < -0.4 is 51.2 Å². The number of nitro groups is 2. The fourth-order valence-electron chi connectivity index (χ4n) is 17.3. The monoisotopic (exact) mass is 1860 g/mol. The van der Waals surface area contributed by atoms with E-state index in [0.29, 0.717) is 37.7 Å². The maximum absolute atomic E-state index is 12.7. The molecule has 0 saturated carbocycles. The van der Waals surface area contributed by atoms with Crippen molar-refractivity contribution in [1.29, 1.82) is 5.26 Å². The van der Waals surface area contributed by atoms with Crippen LogP contribution in [0.25, 0.3) is 0 Å². The summed E-state index contributed by atoms with van der Waals surface area (Å²) in [5.74, 6) is 2.42. The van der Waals surface area contributed by atoms with Gasteiger partial charge in [0.1, 0.15) is 11.5 Å². The standard InChI is InChI=1S/C22H30N4O.C20H24N2O3.C20H24N2O.C18H18N4O5.C14H17N3O.C14H20N2O/c1-24(2)18-10-6-16(7-11-18)14-20-22(27)26(5)21(23-20)15-17-8-12-19(13-9-17)25(3)4;1-22-19(13-15-6-10-17(25-3)11-7-15)21-18(20(22)23)12-14-4-8-16(24-2)9-5-14;1-22-19(15-13-17-10-6-3-7-11-17)21-18(20(22)23)14-12-16-8-4-2-5-9-16;1-20-17(11-13-4-8-15(9-5-13)22(26)27)19-16(18(20)23)10-12-2-6-14(7-3-12)21(24)25;1-14(2)16-12(13(18)17(14)3)8-10-4-6-11(9-15)7-5-10;1-10-5-7-11(8-6-10)9-12-13(17)16(4)14(2,3)15-12/h6-13,20-21,23H,14-15H2,1-5H3;4-11,18-19,21H,12-13H2,1-3H3;2-11,18-19,21H,12-15H2,1H3;2-9,16-17,19H,10-11H2,1H3;4-7,12,16H,8H2,1-3H3;5-8,12,15H,9H2,1-4H3/t20-,21+;2*18-,19+;16-,17+;2*12-/m000000/s1. The number of carbonyl (C=O) groups is 6. The van der Waals surface area contributed by atoms with Gasteiger partial charge in [0.2, 0.25) is 35.4 Å². The highest BCUT2D eigenvalue weighted by molar-refractivity contribution is 5.88. The van der Waals surface area contributed by atoms with Crippen molar-refractivity contribution in [2.45, 2.75) is 184 Å². The van der Waals surface area contributed by atoms with Crippen LogP contribution >= 0.6 is 0 Å². The van der Waals surface area contributed by atoms with Gasteiger partial charge in [-0.05, 0) is 209 Å². The minimum atomic E-state index is -0.462. The number of aryl methyl sites for hydroxylation is 3. The van der Waals surface area contributed by atoms with Crippen molar-refractivity contribution in [2.24, 2.45) is 0 Å². The van der Waals surface area contributed by atoms with E-state index in [9.17, 15) is 49.0 Å². The van der Waals surface area contributed by atoms with Gasteiger partial charge in [0.15, 0.2) is 0 Å². The lowest BCUT2D eigenvalue weighted by atomic mass is 10.0. The van der Waals surface area contributed by atoms with Gasteiger partial charge in [0.25, 0.3) is 11.4 Å². The Morgan fingerprint density at radius 2 is 0.613 bits per heavy atom. The summed E-state index contributed by atoms with van der Waals surface area (Å²) in [6.45, 7) is 10.1. The zero-order valence-corrected chi connectivity index (χ0v) is 81.8. The average Bonchev–Trinajstić information content (AvgIpc) is 1.64. The Morgan fingerprint density at radius 3 is 0.912 bits per heavy atom. The second-order valence-corrected chi connectivity index (χ2v) is 37.2. The first kappa shape index (κ1) is 104. The molecular formula is C108H133N17O12. The predicted molar refractivity (Wildman–Crippen MR) is 537 cm³/mol. The van der Waals surface area contributed by atoms with Crippen molar-refractivity contribution in [2.75, 3.05) is 94.5 Å². The molecule has 29 nitrogen and oxygen atoms in total. The third-order valence-electron chi connectivity index (χ3n) is 26.3. The first-order valence-electron chi connectivity index (χ1n) is 46.5. The van der Waals surface area contributed by atoms with Gasteiger partial charge < -0.3 is 48.7 Å². The van der Waals surface area contributed by atoms with Crippen LogP contribution in [-0.4, -0.2) is 232 Å². The van der Waals surface area contributed by atoms with Gasteiger partial charge >= 0.3 is 0 Å². The summed E-state index contributed by atoms with van der Waals surface area (Å²) < 4.78 is 10.4. The van der Waals surface area contributed by atoms with Crippen LogP contribution in [0.5, 0.6) is 11.5 Å². The number of likely N-dealkylation sites (N-methyl/N-ethyl adjacent to an activating group) is 6. The molecule has 0 aliphatic carbocycles. The highest BCUT2D eigenvalue weighted by atomic mass is 16.6. The molecule has 6 fully saturated rings. The fourth-order valence-corrected chi connectivity index (χ4v) is 17.3. The summed E-state index contributed by atoms with van der Waals surface area (Å²) in [7, 11) is 22.5. The predicted octanol–water partition coefficient (Wildman–Crippen LogP) is 12.6. The van der Waals surface area contributed by atoms with E-state index in [1.807, 2.05) is 186 Å². The number of nitrogens with zero attached hydrogens (tertiary/aromatic N) is 11. The second kappa shape index (κ2) is 48.1. The quantitative estimate of drug-likeness (QED) is 0.0196. The highest BCUT2D eigenvalue weighted by Crippen LogP contribution is 2.29. The number of methoxy groups -OCH3 is 2. The molecule has 6 saturated heterocycles. The number of hydrogen-bond acceptors (Lipinski definition) is 21. The molecule has 29 heteroatoms. The molecule has 6 aliphatic heterocycles. The number of nitro benzene ring substituents is 2. The van der Waals surface area contributed by atoms with E-state index in [4.69, 9.17) is 14.7 Å². The number of carbonyl (C=O) groups excluding carboxylic acids is 6. The molecule has 0 spiro atoms. The number of amides is 6. The topological polar surface area (TPSA) is 329 Å². The maximum Gasteiger partial charge on any atom is 0.269 e. The van der Waals surface area contributed by atoms with Crippen LogP contribution in [0.15, 0.2) is 255 Å². The maximum atomic E-state index is 12.7. The molecule has 16 rings (SSSR count). The number of hydrogen-bond donors (Lipinski definition) is 6. The molecule has 137 heavy (non-hydrogen) atoms. The van der Waals surface area contributed by atoms with Crippen molar-refractivity contribution in [3.8, 4) is 17.6 Å². The van der Waals surface area contributed by atoms with Gasteiger partial charge in [-0.15, -0.1) is 0 Å². The number of rotatable bonds is 28. The Labute approximate surface area is 806 Å². The van der Waals surface area contributed by atoms with Crippen molar-refractivity contribution in [3.63, 3.8) is 0 Å². The van der Waals surface area contributed by atoms with Gasteiger partial charge in [0, 0.05) is 125 Å². The first-order chi connectivity index (χ1) is 65.4. The molecule has 0 radical (unpaired) electrons. The molecule has 10 aromatic rings.